The van der Waals surface area contributed by atoms with Crippen LogP contribution in [0.5, 0.6) is 6.01 Å². The van der Waals surface area contributed by atoms with Crippen LogP contribution in [-0.2, 0) is 0 Å². The number of hydrogen-bond donors (Lipinski definition) is 1. The molecule has 2 N–H and O–H groups in total. The van der Waals surface area contributed by atoms with Gasteiger partial charge in [0.25, 0.3) is 0 Å². The van der Waals surface area contributed by atoms with Gasteiger partial charge in [0.2, 0.25) is 0 Å². The molecule has 282 valence electrons. The summed E-state index contributed by atoms with van der Waals surface area (Å²) < 4.78 is 55.0. The van der Waals surface area contributed by atoms with Crippen LogP contribution in [0.2, 0.25) is 5.02 Å². The van der Waals surface area contributed by atoms with Crippen molar-refractivity contribution in [3.63, 3.8) is 0 Å². The van der Waals surface area contributed by atoms with Gasteiger partial charge >= 0.3 is 12.0 Å². The Labute approximate surface area is 319 Å². The molecule has 0 saturated carbocycles. The minimum atomic E-state index is -0.971. The first-order chi connectivity index (χ1) is 25.9. The third-order valence-electron chi connectivity index (χ3n) is 11.7. The lowest BCUT2D eigenvalue weighted by atomic mass is 9.95. The third-order valence-corrected chi connectivity index (χ3v) is 13.0. The van der Waals surface area contributed by atoms with Crippen molar-refractivity contribution in [3.05, 3.63) is 58.1 Å². The number of carbonyl (C=O) groups excluding carboxylic acids is 1. The Morgan fingerprint density at radius 1 is 1.26 bits per heavy atom. The van der Waals surface area contributed by atoms with Gasteiger partial charge in [0.15, 0.2) is 5.82 Å². The number of likely N-dealkylation sites (tertiary alicyclic amines) is 1. The molecule has 0 radical (unpaired) electrons. The molecule has 0 aliphatic carbocycles. The number of hydrogen-bond acceptors (Lipinski definition) is 10. The maximum absolute atomic E-state index is 17.3. The van der Waals surface area contributed by atoms with E-state index in [9.17, 15) is 14.4 Å². The monoisotopic (exact) mass is 777 g/mol. The molecule has 3 aliphatic rings. The number of amides is 1. The summed E-state index contributed by atoms with van der Waals surface area (Å²) in [5, 5.41) is 10.5. The molecule has 3 aromatic heterocycles. The van der Waals surface area contributed by atoms with Gasteiger partial charge < -0.3 is 20.3 Å². The van der Waals surface area contributed by atoms with Gasteiger partial charge in [-0.15, -0.1) is 11.3 Å². The number of halogens is 4. The predicted octanol–water partition coefficient (Wildman–Crippen LogP) is 7.62. The first kappa shape index (κ1) is 36.3. The molecule has 3 fully saturated rings. The summed E-state index contributed by atoms with van der Waals surface area (Å²) in [6, 6.07) is 5.41. The van der Waals surface area contributed by atoms with Crippen molar-refractivity contribution < 1.29 is 22.7 Å². The Bertz CT molecular complexity index is 2380. The normalized spacial score (nSPS) is 22.7. The molecule has 4 atom stereocenters. The molecule has 0 bridgehead atoms. The molecule has 3 saturated heterocycles. The fourth-order valence-corrected chi connectivity index (χ4v) is 10.1. The molecule has 54 heavy (non-hydrogen) atoms. The minimum Gasteiger partial charge on any atom is -0.461 e. The number of thiophene rings is 1. The first-order valence-electron chi connectivity index (χ1n) is 18.1. The second-order valence-corrected chi connectivity index (χ2v) is 16.0. The standard InChI is InChI=1S/C38H39ClF3N9O2S/c1-5-49(28-9-12-50(21(28)4)37(52)51-18-45-19(2)20(51)3)35-24-13-26(39)30(23-7-8-27(41)33-29(23)25(15-43)34(44)54-33)31(42)32(24)46-36(47-35)53-17-38-10-6-11-48(38)16-22(40)14-38/h7-8,13,18,21-22,28H,5-6,9-12,14,16-17,44H2,1-4H3/t21-,22-,28-,38+/m1/s1. The molecule has 11 nitrogen and oxygen atoms in total. The molecule has 8 rings (SSSR count). The van der Waals surface area contributed by atoms with Crippen molar-refractivity contribution in [1.82, 2.24) is 29.3 Å². The maximum atomic E-state index is 17.3. The smallest absolute Gasteiger partial charge is 0.329 e. The van der Waals surface area contributed by atoms with Crippen LogP contribution in [0.25, 0.3) is 32.1 Å². The maximum Gasteiger partial charge on any atom is 0.329 e. The average Bonchev–Trinajstić information content (AvgIpc) is 3.94. The van der Waals surface area contributed by atoms with Crippen LogP contribution in [0.1, 0.15) is 56.5 Å². The highest BCUT2D eigenvalue weighted by Gasteiger charge is 2.49. The Balaban J connectivity index is 1.26. The number of benzene rings is 2. The number of nitrogen functional groups attached to an aromatic ring is 1. The van der Waals surface area contributed by atoms with Crippen molar-refractivity contribution in [2.24, 2.45) is 0 Å². The molecule has 16 heteroatoms. The van der Waals surface area contributed by atoms with E-state index < -0.39 is 23.3 Å². The van der Waals surface area contributed by atoms with Gasteiger partial charge in [-0.05, 0) is 71.2 Å². The summed E-state index contributed by atoms with van der Waals surface area (Å²) in [6.07, 6.45) is 3.16. The molecule has 3 aliphatic heterocycles. The van der Waals surface area contributed by atoms with Crippen LogP contribution in [0, 0.1) is 36.8 Å². The zero-order chi connectivity index (χ0) is 38.2. The Morgan fingerprint density at radius 3 is 2.78 bits per heavy atom. The topological polar surface area (TPSA) is 129 Å². The molecule has 0 spiro atoms. The fraction of sp³-hybridized carbons (Fsp3) is 0.447. The Hall–Kier alpha value is -4.65. The van der Waals surface area contributed by atoms with Gasteiger partial charge in [0.05, 0.1) is 38.6 Å². The number of nitrogens with two attached hydrogens (primary N) is 1. The van der Waals surface area contributed by atoms with Gasteiger partial charge in [-0.3, -0.25) is 9.47 Å². The van der Waals surface area contributed by atoms with Gasteiger partial charge in [-0.25, -0.2) is 22.9 Å². The number of rotatable bonds is 7. The highest BCUT2D eigenvalue weighted by atomic mass is 35.5. The van der Waals surface area contributed by atoms with E-state index in [2.05, 4.69) is 14.9 Å². The van der Waals surface area contributed by atoms with Crippen LogP contribution in [0.15, 0.2) is 24.5 Å². The molecule has 0 unspecified atom stereocenters. The first-order valence-corrected chi connectivity index (χ1v) is 19.3. The van der Waals surface area contributed by atoms with Crippen molar-refractivity contribution in [2.45, 2.75) is 77.2 Å². The number of aromatic nitrogens is 4. The van der Waals surface area contributed by atoms with Crippen molar-refractivity contribution in [1.29, 1.82) is 5.26 Å². The fourth-order valence-electron chi connectivity index (χ4n) is 8.83. The largest absolute Gasteiger partial charge is 0.461 e. The van der Waals surface area contributed by atoms with E-state index in [0.29, 0.717) is 43.7 Å². The molecule has 5 aromatic rings. The zero-order valence-corrected chi connectivity index (χ0v) is 31.9. The number of nitrogens with zero attached hydrogens (tertiary/aromatic N) is 8. The number of ether oxygens (including phenoxy) is 1. The summed E-state index contributed by atoms with van der Waals surface area (Å²) in [5.41, 5.74) is 7.19. The lowest BCUT2D eigenvalue weighted by molar-refractivity contribution is 0.107. The number of nitriles is 1. The Morgan fingerprint density at radius 2 is 2.06 bits per heavy atom. The van der Waals surface area contributed by atoms with Gasteiger partial charge in [-0.1, -0.05) is 17.7 Å². The van der Waals surface area contributed by atoms with E-state index in [1.54, 1.807) is 15.5 Å². The number of alkyl halides is 1. The number of imidazole rings is 1. The lowest BCUT2D eigenvalue weighted by Gasteiger charge is -2.35. The van der Waals surface area contributed by atoms with Crippen LogP contribution >= 0.6 is 22.9 Å². The predicted molar refractivity (Wildman–Crippen MR) is 203 cm³/mol. The second-order valence-electron chi connectivity index (χ2n) is 14.5. The SMILES string of the molecule is CCN(c1nc(OC[C@@]23CCCN2C[C@H](F)C3)nc2c(F)c(-c3ccc(F)c4sc(N)c(C#N)c34)c(Cl)cc12)[C@@H]1CCN(C(=O)n2cnc(C)c2C)[C@@H]1C. The summed E-state index contributed by atoms with van der Waals surface area (Å²) in [5.74, 6) is -1.04. The molecule has 6 heterocycles. The van der Waals surface area contributed by atoms with Gasteiger partial charge in [0.1, 0.15) is 47.3 Å². The van der Waals surface area contributed by atoms with Crippen molar-refractivity contribution in [2.75, 3.05) is 43.4 Å². The van der Waals surface area contributed by atoms with E-state index in [1.807, 2.05) is 38.7 Å². The molecule has 2 aromatic carbocycles. The number of anilines is 2. The quantitative estimate of drug-likeness (QED) is 0.177. The Kier molecular flexibility index (Phi) is 9.14. The second kappa shape index (κ2) is 13.6. The van der Waals surface area contributed by atoms with Crippen LogP contribution in [0.4, 0.5) is 28.8 Å². The number of likely N-dealkylation sites (N-methyl/N-ethyl adjacent to an activating group) is 1. The van der Waals surface area contributed by atoms with E-state index in [0.717, 1.165) is 42.1 Å². The third kappa shape index (κ3) is 5.64. The lowest BCUT2D eigenvalue weighted by Crippen LogP contribution is -2.47. The summed E-state index contributed by atoms with van der Waals surface area (Å²) in [7, 11) is 0. The van der Waals surface area contributed by atoms with Crippen LogP contribution in [-0.4, -0.2) is 91.9 Å². The zero-order valence-electron chi connectivity index (χ0n) is 30.3. The van der Waals surface area contributed by atoms with Crippen molar-refractivity contribution in [3.8, 4) is 23.2 Å². The summed E-state index contributed by atoms with van der Waals surface area (Å²) in [4.78, 5) is 33.5. The number of fused-ring (bicyclic) bond motifs is 3. The summed E-state index contributed by atoms with van der Waals surface area (Å²) in [6.45, 7) is 9.77. The molecule has 1 amide bonds. The van der Waals surface area contributed by atoms with E-state index in [1.165, 1.54) is 18.5 Å². The van der Waals surface area contributed by atoms with E-state index >= 15 is 8.78 Å². The van der Waals surface area contributed by atoms with E-state index in [-0.39, 0.29) is 73.0 Å². The summed E-state index contributed by atoms with van der Waals surface area (Å²) >= 11 is 7.86. The van der Waals surface area contributed by atoms with Crippen LogP contribution < -0.4 is 15.4 Å². The number of carbonyl (C=O) groups is 1. The van der Waals surface area contributed by atoms with Crippen LogP contribution in [0.3, 0.4) is 0 Å². The minimum absolute atomic E-state index is 0.00111. The average molecular weight is 778 g/mol. The number of aryl methyl sites for hydroxylation is 1. The molecular formula is C38H39ClF3N9O2S. The molecular weight excluding hydrogens is 739 g/mol. The van der Waals surface area contributed by atoms with Gasteiger partial charge in [-0.2, -0.15) is 15.2 Å². The van der Waals surface area contributed by atoms with Crippen molar-refractivity contribution >= 4 is 60.8 Å². The highest BCUT2D eigenvalue weighted by molar-refractivity contribution is 7.23. The van der Waals surface area contributed by atoms with Gasteiger partial charge in [0, 0.05) is 48.1 Å². The highest BCUT2D eigenvalue weighted by Crippen LogP contribution is 2.46. The van der Waals surface area contributed by atoms with E-state index in [4.69, 9.17) is 27.1 Å².